The molecule has 0 aliphatic carbocycles. The summed E-state index contributed by atoms with van der Waals surface area (Å²) in [7, 11) is 0. The highest BCUT2D eigenvalue weighted by atomic mass is 16.2. The van der Waals surface area contributed by atoms with E-state index in [0.717, 1.165) is 0 Å². The number of carbonyl (C=O) groups excluding carboxylic acids is 1. The first-order valence-electron chi connectivity index (χ1n) is 2.93. The van der Waals surface area contributed by atoms with Crippen molar-refractivity contribution in [3.05, 3.63) is 0 Å². The number of hydrogen-bond acceptors (Lipinski definition) is 2. The Labute approximate surface area is 53.7 Å². The van der Waals surface area contributed by atoms with Crippen molar-refractivity contribution in [1.82, 2.24) is 5.32 Å². The van der Waals surface area contributed by atoms with Crippen LogP contribution in [0.1, 0.15) is 6.92 Å². The molecule has 1 heterocycles. The van der Waals surface area contributed by atoms with Gasteiger partial charge in [0.2, 0.25) is 5.91 Å². The lowest BCUT2D eigenvalue weighted by Gasteiger charge is -1.98. The molecule has 1 saturated heterocycles. The molecule has 0 saturated carbocycles. The molecule has 1 aliphatic heterocycles. The van der Waals surface area contributed by atoms with Gasteiger partial charge in [-0.2, -0.15) is 5.26 Å². The number of hydrogen-bond donors (Lipinski definition) is 1. The van der Waals surface area contributed by atoms with Crippen molar-refractivity contribution in [2.24, 2.45) is 11.8 Å². The molecular weight excluding hydrogens is 116 g/mol. The third-order valence-electron chi connectivity index (χ3n) is 1.59. The van der Waals surface area contributed by atoms with Crippen LogP contribution in [0.3, 0.4) is 0 Å². The Morgan fingerprint density at radius 2 is 2.56 bits per heavy atom. The minimum atomic E-state index is -0.412. The number of carbonyl (C=O) groups is 1. The number of rotatable bonds is 0. The fourth-order valence-electron chi connectivity index (χ4n) is 0.934. The average molecular weight is 124 g/mol. The minimum Gasteiger partial charge on any atom is -0.355 e. The standard InChI is InChI=1S/C6H8N2O/c1-4-3-8-6(9)5(4)2-7/h4-5H,3H2,1H3,(H,8,9)/t4-,5-/m0/s1. The summed E-state index contributed by atoms with van der Waals surface area (Å²) in [5, 5.41) is 11.0. The molecule has 1 rings (SSSR count). The zero-order valence-electron chi connectivity index (χ0n) is 5.22. The highest BCUT2D eigenvalue weighted by Crippen LogP contribution is 2.14. The van der Waals surface area contributed by atoms with Crippen LogP contribution in [-0.2, 0) is 4.79 Å². The van der Waals surface area contributed by atoms with Gasteiger partial charge in [0, 0.05) is 6.54 Å². The van der Waals surface area contributed by atoms with Crippen molar-refractivity contribution in [3.63, 3.8) is 0 Å². The van der Waals surface area contributed by atoms with Gasteiger partial charge in [-0.25, -0.2) is 0 Å². The molecule has 1 N–H and O–H groups in total. The Hall–Kier alpha value is -1.04. The van der Waals surface area contributed by atoms with Gasteiger partial charge in [0.25, 0.3) is 0 Å². The monoisotopic (exact) mass is 124 g/mol. The van der Waals surface area contributed by atoms with Crippen LogP contribution in [0.15, 0.2) is 0 Å². The lowest BCUT2D eigenvalue weighted by Crippen LogP contribution is -2.17. The Balaban J connectivity index is 2.69. The van der Waals surface area contributed by atoms with Crippen molar-refractivity contribution >= 4 is 5.91 Å². The fourth-order valence-corrected chi connectivity index (χ4v) is 0.934. The molecule has 0 bridgehead atoms. The van der Waals surface area contributed by atoms with Gasteiger partial charge in [-0.3, -0.25) is 4.79 Å². The maximum absolute atomic E-state index is 10.7. The van der Waals surface area contributed by atoms with E-state index in [0.29, 0.717) is 6.54 Å². The van der Waals surface area contributed by atoms with Gasteiger partial charge in [-0.15, -0.1) is 0 Å². The third-order valence-corrected chi connectivity index (χ3v) is 1.59. The largest absolute Gasteiger partial charge is 0.355 e. The molecular formula is C6H8N2O. The van der Waals surface area contributed by atoms with E-state index < -0.39 is 5.92 Å². The molecule has 0 aromatic rings. The van der Waals surface area contributed by atoms with Gasteiger partial charge >= 0.3 is 0 Å². The van der Waals surface area contributed by atoms with Crippen LogP contribution in [0.25, 0.3) is 0 Å². The normalized spacial score (nSPS) is 33.6. The molecule has 0 aromatic carbocycles. The molecule has 0 unspecified atom stereocenters. The summed E-state index contributed by atoms with van der Waals surface area (Å²) in [6.45, 7) is 2.54. The van der Waals surface area contributed by atoms with Crippen molar-refractivity contribution in [2.75, 3.05) is 6.54 Å². The quantitative estimate of drug-likeness (QED) is 0.490. The summed E-state index contributed by atoms with van der Waals surface area (Å²) < 4.78 is 0. The predicted molar refractivity (Wildman–Crippen MR) is 31.3 cm³/mol. The van der Waals surface area contributed by atoms with Crippen LogP contribution in [0.4, 0.5) is 0 Å². The Morgan fingerprint density at radius 3 is 2.78 bits per heavy atom. The third kappa shape index (κ3) is 0.879. The van der Waals surface area contributed by atoms with E-state index in [4.69, 9.17) is 5.26 Å². The van der Waals surface area contributed by atoms with E-state index in [1.807, 2.05) is 13.0 Å². The highest BCUT2D eigenvalue weighted by Gasteiger charge is 2.30. The van der Waals surface area contributed by atoms with Crippen molar-refractivity contribution in [1.29, 1.82) is 5.26 Å². The lowest BCUT2D eigenvalue weighted by atomic mass is 10.00. The number of nitrogens with one attached hydrogen (secondary N) is 1. The first-order valence-corrected chi connectivity index (χ1v) is 2.93. The molecule has 1 amide bonds. The topological polar surface area (TPSA) is 52.9 Å². The summed E-state index contributed by atoms with van der Waals surface area (Å²) in [5.41, 5.74) is 0. The zero-order valence-corrected chi connectivity index (χ0v) is 5.22. The number of nitriles is 1. The molecule has 3 nitrogen and oxygen atoms in total. The molecule has 3 heteroatoms. The molecule has 0 spiro atoms. The maximum atomic E-state index is 10.7. The second-order valence-electron chi connectivity index (χ2n) is 2.33. The Morgan fingerprint density at radius 1 is 1.89 bits per heavy atom. The van der Waals surface area contributed by atoms with Crippen LogP contribution in [0.2, 0.25) is 0 Å². The molecule has 48 valence electrons. The van der Waals surface area contributed by atoms with Gasteiger partial charge in [0.1, 0.15) is 5.92 Å². The molecule has 2 atom stereocenters. The first kappa shape index (κ1) is 6.09. The predicted octanol–water partition coefficient (Wildman–Crippen LogP) is -0.108. The average Bonchev–Trinajstić information content (AvgIpc) is 2.12. The van der Waals surface area contributed by atoms with Gasteiger partial charge in [0.05, 0.1) is 6.07 Å². The van der Waals surface area contributed by atoms with Crippen molar-refractivity contribution < 1.29 is 4.79 Å². The van der Waals surface area contributed by atoms with Gasteiger partial charge in [-0.1, -0.05) is 6.92 Å². The van der Waals surface area contributed by atoms with Gasteiger partial charge < -0.3 is 5.32 Å². The fraction of sp³-hybridized carbons (Fsp3) is 0.667. The highest BCUT2D eigenvalue weighted by molar-refractivity contribution is 5.83. The van der Waals surface area contributed by atoms with E-state index in [9.17, 15) is 4.79 Å². The minimum absolute atomic E-state index is 0.120. The SMILES string of the molecule is C[C@H]1CNC(=O)[C@H]1C#N. The summed E-state index contributed by atoms with van der Waals surface area (Å²) in [6, 6.07) is 1.95. The second kappa shape index (κ2) is 2.06. The number of nitrogens with zero attached hydrogens (tertiary/aromatic N) is 1. The van der Waals surface area contributed by atoms with Crippen LogP contribution in [-0.4, -0.2) is 12.5 Å². The maximum Gasteiger partial charge on any atom is 0.237 e. The van der Waals surface area contributed by atoms with E-state index in [1.54, 1.807) is 0 Å². The molecule has 1 fully saturated rings. The summed E-state index contributed by atoms with van der Waals surface area (Å²) in [4.78, 5) is 10.7. The van der Waals surface area contributed by atoms with Crippen LogP contribution in [0.5, 0.6) is 0 Å². The van der Waals surface area contributed by atoms with E-state index in [1.165, 1.54) is 0 Å². The van der Waals surface area contributed by atoms with Crippen LogP contribution >= 0.6 is 0 Å². The second-order valence-corrected chi connectivity index (χ2v) is 2.33. The number of amides is 1. The smallest absolute Gasteiger partial charge is 0.237 e. The van der Waals surface area contributed by atoms with E-state index in [2.05, 4.69) is 5.32 Å². The first-order chi connectivity index (χ1) is 4.25. The van der Waals surface area contributed by atoms with Gasteiger partial charge in [0.15, 0.2) is 0 Å². The van der Waals surface area contributed by atoms with Gasteiger partial charge in [-0.05, 0) is 5.92 Å². The molecule has 0 aromatic heterocycles. The summed E-state index contributed by atoms with van der Waals surface area (Å²) in [6.07, 6.45) is 0. The van der Waals surface area contributed by atoms with Crippen LogP contribution in [0, 0.1) is 23.2 Å². The van der Waals surface area contributed by atoms with Crippen molar-refractivity contribution in [2.45, 2.75) is 6.92 Å². The lowest BCUT2D eigenvalue weighted by molar-refractivity contribution is -0.121. The van der Waals surface area contributed by atoms with E-state index >= 15 is 0 Å². The summed E-state index contributed by atoms with van der Waals surface area (Å²) >= 11 is 0. The van der Waals surface area contributed by atoms with Crippen LogP contribution < -0.4 is 5.32 Å². The molecule has 0 radical (unpaired) electrons. The Bertz CT molecular complexity index is 170. The Kier molecular flexibility index (Phi) is 1.39. The zero-order chi connectivity index (χ0) is 6.85. The van der Waals surface area contributed by atoms with E-state index in [-0.39, 0.29) is 11.8 Å². The van der Waals surface area contributed by atoms with Crippen molar-refractivity contribution in [3.8, 4) is 6.07 Å². The molecule has 9 heavy (non-hydrogen) atoms. The molecule has 1 aliphatic rings. The summed E-state index contributed by atoms with van der Waals surface area (Å²) in [5.74, 6) is -0.350.